The Labute approximate surface area is 139 Å². The maximum absolute atomic E-state index is 4.37. The molecule has 0 radical (unpaired) electrons. The molecule has 0 bridgehead atoms. The number of benzene rings is 1. The molecule has 4 rings (SSSR count). The van der Waals surface area contributed by atoms with Crippen LogP contribution in [0.5, 0.6) is 0 Å². The van der Waals surface area contributed by atoms with Crippen molar-refractivity contribution in [1.29, 1.82) is 0 Å². The molecule has 0 aliphatic carbocycles. The third kappa shape index (κ3) is 3.33. The lowest BCUT2D eigenvalue weighted by Gasteiger charge is -2.07. The van der Waals surface area contributed by atoms with E-state index in [0.29, 0.717) is 0 Å². The molecule has 0 saturated heterocycles. The average molecular weight is 318 g/mol. The van der Waals surface area contributed by atoms with E-state index in [2.05, 4.69) is 44.8 Å². The molecule has 4 aromatic rings. The van der Waals surface area contributed by atoms with Crippen molar-refractivity contribution in [3.63, 3.8) is 0 Å². The molecule has 3 heterocycles. The van der Waals surface area contributed by atoms with Gasteiger partial charge in [0.15, 0.2) is 5.65 Å². The largest absolute Gasteiger partial charge is 0.309 e. The van der Waals surface area contributed by atoms with Gasteiger partial charge < -0.3 is 5.32 Å². The number of nitrogens with one attached hydrogen (secondary N) is 1. The number of fused-ring (bicyclic) bond motifs is 1. The second-order valence-corrected chi connectivity index (χ2v) is 5.72. The summed E-state index contributed by atoms with van der Waals surface area (Å²) in [6.45, 7) is 2.38. The van der Waals surface area contributed by atoms with Crippen LogP contribution in [0.2, 0.25) is 0 Å². The predicted octanol–water partition coefficient (Wildman–Crippen LogP) is 2.26. The first-order valence-corrected chi connectivity index (χ1v) is 7.91. The summed E-state index contributed by atoms with van der Waals surface area (Å²) in [6, 6.07) is 12.4. The summed E-state index contributed by atoms with van der Waals surface area (Å²) in [7, 11) is 0. The highest BCUT2D eigenvalue weighted by atomic mass is 15.3. The van der Waals surface area contributed by atoms with Crippen LogP contribution in [0.4, 0.5) is 0 Å². The van der Waals surface area contributed by atoms with E-state index in [1.165, 1.54) is 11.1 Å². The first kappa shape index (κ1) is 14.6. The maximum Gasteiger partial charge on any atom is 0.154 e. The fraction of sp³-hybridized carbons (Fsp3) is 0.167. The van der Waals surface area contributed by atoms with Crippen molar-refractivity contribution < 1.29 is 0 Å². The zero-order chi connectivity index (χ0) is 16.2. The lowest BCUT2D eigenvalue weighted by atomic mass is 10.1. The van der Waals surface area contributed by atoms with Gasteiger partial charge in [-0.2, -0.15) is 10.2 Å². The molecule has 0 amide bonds. The minimum absolute atomic E-state index is 0.762. The van der Waals surface area contributed by atoms with Gasteiger partial charge in [-0.25, -0.2) is 9.50 Å². The predicted molar refractivity (Wildman–Crippen MR) is 91.3 cm³/mol. The Morgan fingerprint density at radius 3 is 2.54 bits per heavy atom. The highest BCUT2D eigenvalue weighted by Crippen LogP contribution is 2.07. The van der Waals surface area contributed by atoms with Crippen molar-refractivity contribution in [1.82, 2.24) is 29.7 Å². The molecule has 0 fully saturated rings. The van der Waals surface area contributed by atoms with Crippen molar-refractivity contribution in [3.05, 3.63) is 84.1 Å². The highest BCUT2D eigenvalue weighted by molar-refractivity contribution is 5.35. The maximum atomic E-state index is 4.37. The van der Waals surface area contributed by atoms with Crippen LogP contribution < -0.4 is 5.32 Å². The van der Waals surface area contributed by atoms with Crippen LogP contribution in [0.3, 0.4) is 0 Å². The zero-order valence-corrected chi connectivity index (χ0v) is 13.2. The van der Waals surface area contributed by atoms with Crippen molar-refractivity contribution in [2.45, 2.75) is 19.6 Å². The molecule has 24 heavy (non-hydrogen) atoms. The van der Waals surface area contributed by atoms with Gasteiger partial charge in [-0.1, -0.05) is 24.3 Å². The van der Waals surface area contributed by atoms with Crippen LogP contribution in [0, 0.1) is 0 Å². The molecule has 6 nitrogen and oxygen atoms in total. The van der Waals surface area contributed by atoms with Gasteiger partial charge in [0.1, 0.15) is 0 Å². The van der Waals surface area contributed by atoms with E-state index in [0.717, 1.165) is 30.8 Å². The summed E-state index contributed by atoms with van der Waals surface area (Å²) in [5, 5.41) is 11.9. The summed E-state index contributed by atoms with van der Waals surface area (Å²) < 4.78 is 3.72. The SMILES string of the molecule is c1cnn(Cc2ccc(CNCc3cnc4ccnn4c3)cc2)c1. The normalized spacial score (nSPS) is 11.2. The zero-order valence-electron chi connectivity index (χ0n) is 13.2. The molecule has 0 atom stereocenters. The first-order chi connectivity index (χ1) is 11.9. The third-order valence-corrected chi connectivity index (χ3v) is 3.89. The summed E-state index contributed by atoms with van der Waals surface area (Å²) in [5.41, 5.74) is 4.48. The monoisotopic (exact) mass is 318 g/mol. The van der Waals surface area contributed by atoms with Crippen molar-refractivity contribution >= 4 is 5.65 Å². The van der Waals surface area contributed by atoms with Gasteiger partial charge in [-0.05, 0) is 17.2 Å². The Bertz CT molecular complexity index is 908. The van der Waals surface area contributed by atoms with E-state index in [1.807, 2.05) is 35.4 Å². The average Bonchev–Trinajstić information content (AvgIpc) is 3.27. The van der Waals surface area contributed by atoms with Gasteiger partial charge in [0.05, 0.1) is 12.7 Å². The number of rotatable bonds is 6. The number of nitrogens with zero attached hydrogens (tertiary/aromatic N) is 5. The molecule has 0 spiro atoms. The molecule has 0 unspecified atom stereocenters. The minimum Gasteiger partial charge on any atom is -0.309 e. The van der Waals surface area contributed by atoms with E-state index in [-0.39, 0.29) is 0 Å². The van der Waals surface area contributed by atoms with Gasteiger partial charge in [0, 0.05) is 49.5 Å². The Morgan fingerprint density at radius 1 is 0.875 bits per heavy atom. The minimum atomic E-state index is 0.762. The van der Waals surface area contributed by atoms with E-state index in [4.69, 9.17) is 0 Å². The molecule has 0 aliphatic heterocycles. The van der Waals surface area contributed by atoms with Crippen LogP contribution in [0.1, 0.15) is 16.7 Å². The lowest BCUT2D eigenvalue weighted by Crippen LogP contribution is -2.13. The van der Waals surface area contributed by atoms with Crippen LogP contribution in [-0.2, 0) is 19.6 Å². The Kier molecular flexibility index (Phi) is 4.04. The van der Waals surface area contributed by atoms with E-state index in [9.17, 15) is 0 Å². The summed E-state index contributed by atoms with van der Waals surface area (Å²) in [5.74, 6) is 0. The summed E-state index contributed by atoms with van der Waals surface area (Å²) in [4.78, 5) is 4.37. The smallest absolute Gasteiger partial charge is 0.154 e. The van der Waals surface area contributed by atoms with Crippen LogP contribution in [0.25, 0.3) is 5.65 Å². The van der Waals surface area contributed by atoms with Crippen LogP contribution in [-0.4, -0.2) is 24.4 Å². The first-order valence-electron chi connectivity index (χ1n) is 7.91. The molecular formula is C18H18N6. The molecule has 1 aromatic carbocycles. The van der Waals surface area contributed by atoms with E-state index >= 15 is 0 Å². The van der Waals surface area contributed by atoms with Crippen molar-refractivity contribution in [2.24, 2.45) is 0 Å². The molecule has 0 saturated carbocycles. The van der Waals surface area contributed by atoms with Gasteiger partial charge in [-0.15, -0.1) is 0 Å². The standard InChI is InChI=1S/C18H18N6/c1-7-21-23(9-1)13-16-4-2-15(3-5-16)10-19-11-17-12-20-18-6-8-22-24(18)14-17/h1-9,12,14,19H,10-11,13H2. The second-order valence-electron chi connectivity index (χ2n) is 5.72. The highest BCUT2D eigenvalue weighted by Gasteiger charge is 2.00. The molecule has 0 aliphatic rings. The Balaban J connectivity index is 1.32. The number of hydrogen-bond acceptors (Lipinski definition) is 4. The van der Waals surface area contributed by atoms with Gasteiger partial charge in [0.2, 0.25) is 0 Å². The van der Waals surface area contributed by atoms with Gasteiger partial charge >= 0.3 is 0 Å². The van der Waals surface area contributed by atoms with Crippen LogP contribution >= 0.6 is 0 Å². The molecule has 6 heteroatoms. The molecule has 3 aromatic heterocycles. The Hall–Kier alpha value is -2.99. The number of aromatic nitrogens is 5. The fourth-order valence-corrected chi connectivity index (χ4v) is 2.63. The van der Waals surface area contributed by atoms with E-state index < -0.39 is 0 Å². The third-order valence-electron chi connectivity index (χ3n) is 3.89. The van der Waals surface area contributed by atoms with E-state index in [1.54, 1.807) is 16.9 Å². The fourth-order valence-electron chi connectivity index (χ4n) is 2.63. The lowest BCUT2D eigenvalue weighted by molar-refractivity contribution is 0.679. The molecular weight excluding hydrogens is 300 g/mol. The second kappa shape index (κ2) is 6.64. The van der Waals surface area contributed by atoms with Crippen molar-refractivity contribution in [3.8, 4) is 0 Å². The van der Waals surface area contributed by atoms with Crippen LogP contribution in [0.15, 0.2) is 67.4 Å². The molecule has 120 valence electrons. The van der Waals surface area contributed by atoms with Gasteiger partial charge in [-0.3, -0.25) is 4.68 Å². The molecule has 1 N–H and O–H groups in total. The number of hydrogen-bond donors (Lipinski definition) is 1. The Morgan fingerprint density at radius 2 is 1.71 bits per heavy atom. The summed E-state index contributed by atoms with van der Waals surface area (Å²) in [6.07, 6.45) is 9.41. The summed E-state index contributed by atoms with van der Waals surface area (Å²) >= 11 is 0. The van der Waals surface area contributed by atoms with Crippen molar-refractivity contribution in [2.75, 3.05) is 0 Å². The topological polar surface area (TPSA) is 60.0 Å². The van der Waals surface area contributed by atoms with Gasteiger partial charge in [0.25, 0.3) is 0 Å². The quantitative estimate of drug-likeness (QED) is 0.592.